The van der Waals surface area contributed by atoms with Crippen LogP contribution < -0.4 is 4.74 Å². The Kier molecular flexibility index (Phi) is 4.44. The molecule has 0 aliphatic carbocycles. The Morgan fingerprint density at radius 3 is 2.90 bits per heavy atom. The number of benzene rings is 1. The van der Waals surface area contributed by atoms with E-state index >= 15 is 0 Å². The predicted octanol–water partition coefficient (Wildman–Crippen LogP) is 2.50. The van der Waals surface area contributed by atoms with Gasteiger partial charge in [0.15, 0.2) is 6.10 Å². The molecule has 1 N–H and O–H groups in total. The predicted molar refractivity (Wildman–Crippen MR) is 75.1 cm³/mol. The molecule has 5 nitrogen and oxygen atoms in total. The van der Waals surface area contributed by atoms with E-state index in [1.165, 1.54) is 13.3 Å². The van der Waals surface area contributed by atoms with Gasteiger partial charge in [0.05, 0.1) is 5.69 Å². The molecule has 1 atom stereocenters. The third kappa shape index (κ3) is 3.91. The fraction of sp³-hybridized carbons (Fsp3) is 0.133. The number of rotatable bonds is 5. The molecule has 0 saturated carbocycles. The lowest BCUT2D eigenvalue weighted by Crippen LogP contribution is -2.22. The monoisotopic (exact) mass is 270 g/mol. The quantitative estimate of drug-likeness (QED) is 0.903. The fourth-order valence-electron chi connectivity index (χ4n) is 1.53. The van der Waals surface area contributed by atoms with Crippen molar-refractivity contribution >= 4 is 18.1 Å². The average Bonchev–Trinajstić information content (AvgIpc) is 2.46. The zero-order valence-corrected chi connectivity index (χ0v) is 10.9. The van der Waals surface area contributed by atoms with Crippen LogP contribution in [0.15, 0.2) is 42.9 Å². The van der Waals surface area contributed by atoms with Crippen LogP contribution in [0.2, 0.25) is 0 Å². The largest absolute Gasteiger partial charge is 0.479 e. The minimum absolute atomic E-state index is 0.518. The summed E-state index contributed by atoms with van der Waals surface area (Å²) in [5, 5.41) is 8.81. The molecule has 5 heteroatoms. The zero-order valence-electron chi connectivity index (χ0n) is 10.9. The minimum atomic E-state index is -0.994. The summed E-state index contributed by atoms with van der Waals surface area (Å²) in [7, 11) is 0. The first-order valence-corrected chi connectivity index (χ1v) is 6.09. The van der Waals surface area contributed by atoms with E-state index in [4.69, 9.17) is 9.84 Å². The molecule has 1 unspecified atom stereocenters. The third-order valence-electron chi connectivity index (χ3n) is 2.57. The van der Waals surface area contributed by atoms with Gasteiger partial charge in [0.2, 0.25) is 0 Å². The molecule has 1 aromatic carbocycles. The molecule has 0 saturated heterocycles. The van der Waals surface area contributed by atoms with Crippen LogP contribution in [0.4, 0.5) is 0 Å². The Morgan fingerprint density at radius 2 is 2.20 bits per heavy atom. The van der Waals surface area contributed by atoms with Gasteiger partial charge in [-0.05, 0) is 36.8 Å². The summed E-state index contributed by atoms with van der Waals surface area (Å²) in [6.07, 6.45) is 5.99. The van der Waals surface area contributed by atoms with Crippen LogP contribution in [0.25, 0.3) is 12.2 Å². The van der Waals surface area contributed by atoms with E-state index in [1.54, 1.807) is 24.4 Å². The van der Waals surface area contributed by atoms with Crippen molar-refractivity contribution in [3.8, 4) is 5.75 Å². The third-order valence-corrected chi connectivity index (χ3v) is 2.57. The maximum Gasteiger partial charge on any atom is 0.344 e. The van der Waals surface area contributed by atoms with E-state index in [-0.39, 0.29) is 0 Å². The van der Waals surface area contributed by atoms with Gasteiger partial charge < -0.3 is 9.84 Å². The second-order valence-corrected chi connectivity index (χ2v) is 4.14. The number of aromatic nitrogens is 2. The summed E-state index contributed by atoms with van der Waals surface area (Å²) in [5.74, 6) is -0.475. The van der Waals surface area contributed by atoms with Crippen LogP contribution in [0.1, 0.15) is 18.2 Å². The summed E-state index contributed by atoms with van der Waals surface area (Å²) in [4.78, 5) is 18.7. The molecule has 0 aliphatic heterocycles. The lowest BCUT2D eigenvalue weighted by molar-refractivity contribution is -0.144. The van der Waals surface area contributed by atoms with E-state index in [1.807, 2.05) is 24.3 Å². The Labute approximate surface area is 116 Å². The van der Waals surface area contributed by atoms with Gasteiger partial charge in [-0.25, -0.2) is 14.8 Å². The van der Waals surface area contributed by atoms with Crippen LogP contribution in [-0.4, -0.2) is 27.1 Å². The SMILES string of the molecule is CC(Oc1cccc(/C=C/c2ccncn2)c1)C(=O)O. The van der Waals surface area contributed by atoms with Crippen LogP contribution in [0.5, 0.6) is 5.75 Å². The van der Waals surface area contributed by atoms with Gasteiger partial charge in [-0.2, -0.15) is 0 Å². The second-order valence-electron chi connectivity index (χ2n) is 4.14. The zero-order chi connectivity index (χ0) is 14.4. The van der Waals surface area contributed by atoms with E-state index in [0.29, 0.717) is 5.75 Å². The first-order valence-electron chi connectivity index (χ1n) is 6.09. The van der Waals surface area contributed by atoms with Crippen molar-refractivity contribution in [1.29, 1.82) is 0 Å². The molecular formula is C15H14N2O3. The highest BCUT2D eigenvalue weighted by Crippen LogP contribution is 2.16. The van der Waals surface area contributed by atoms with Gasteiger partial charge in [-0.1, -0.05) is 18.2 Å². The summed E-state index contributed by atoms with van der Waals surface area (Å²) < 4.78 is 5.31. The normalized spacial score (nSPS) is 12.2. The molecule has 0 aliphatic rings. The van der Waals surface area contributed by atoms with Gasteiger partial charge >= 0.3 is 5.97 Å². The molecular weight excluding hydrogens is 256 g/mol. The highest BCUT2D eigenvalue weighted by atomic mass is 16.5. The van der Waals surface area contributed by atoms with Crippen molar-refractivity contribution in [2.24, 2.45) is 0 Å². The molecule has 0 radical (unpaired) electrons. The van der Waals surface area contributed by atoms with E-state index in [0.717, 1.165) is 11.3 Å². The molecule has 0 fully saturated rings. The lowest BCUT2D eigenvalue weighted by Gasteiger charge is -2.10. The molecule has 20 heavy (non-hydrogen) atoms. The van der Waals surface area contributed by atoms with E-state index < -0.39 is 12.1 Å². The topological polar surface area (TPSA) is 72.3 Å². The highest BCUT2D eigenvalue weighted by molar-refractivity contribution is 5.72. The average molecular weight is 270 g/mol. The Morgan fingerprint density at radius 1 is 1.35 bits per heavy atom. The number of carboxylic acids is 1. The van der Waals surface area contributed by atoms with Crippen molar-refractivity contribution in [3.63, 3.8) is 0 Å². The van der Waals surface area contributed by atoms with Gasteiger partial charge in [0.25, 0.3) is 0 Å². The number of carboxylic acid groups (broad SMARTS) is 1. The van der Waals surface area contributed by atoms with Crippen molar-refractivity contribution < 1.29 is 14.6 Å². The van der Waals surface area contributed by atoms with E-state index in [9.17, 15) is 4.79 Å². The second kappa shape index (κ2) is 6.47. The number of hydrogen-bond acceptors (Lipinski definition) is 4. The van der Waals surface area contributed by atoms with Crippen LogP contribution in [0.3, 0.4) is 0 Å². The highest BCUT2D eigenvalue weighted by Gasteiger charge is 2.11. The summed E-state index contributed by atoms with van der Waals surface area (Å²) in [6.45, 7) is 1.49. The number of nitrogens with zero attached hydrogens (tertiary/aromatic N) is 2. The van der Waals surface area contributed by atoms with Crippen LogP contribution in [-0.2, 0) is 4.79 Å². The van der Waals surface area contributed by atoms with Crippen LogP contribution in [0, 0.1) is 0 Å². The number of carbonyl (C=O) groups is 1. The summed E-state index contributed by atoms with van der Waals surface area (Å²) in [6, 6.07) is 9.00. The van der Waals surface area contributed by atoms with Gasteiger partial charge in [-0.3, -0.25) is 0 Å². The van der Waals surface area contributed by atoms with Gasteiger partial charge in [0, 0.05) is 6.20 Å². The molecule has 102 valence electrons. The molecule has 0 spiro atoms. The first kappa shape index (κ1) is 13.7. The Hall–Kier alpha value is -2.69. The number of aliphatic carboxylic acids is 1. The number of hydrogen-bond donors (Lipinski definition) is 1. The summed E-state index contributed by atoms with van der Waals surface area (Å²) in [5.41, 5.74) is 1.70. The lowest BCUT2D eigenvalue weighted by atomic mass is 10.2. The molecule has 2 rings (SSSR count). The minimum Gasteiger partial charge on any atom is -0.479 e. The molecule has 1 heterocycles. The fourth-order valence-corrected chi connectivity index (χ4v) is 1.53. The van der Waals surface area contributed by atoms with Gasteiger partial charge in [0.1, 0.15) is 12.1 Å². The van der Waals surface area contributed by atoms with Crippen molar-refractivity contribution in [2.45, 2.75) is 13.0 Å². The smallest absolute Gasteiger partial charge is 0.344 e. The maximum absolute atomic E-state index is 10.7. The molecule has 1 aromatic heterocycles. The van der Waals surface area contributed by atoms with Crippen molar-refractivity contribution in [1.82, 2.24) is 9.97 Å². The van der Waals surface area contributed by atoms with Crippen molar-refractivity contribution in [2.75, 3.05) is 0 Å². The van der Waals surface area contributed by atoms with Gasteiger partial charge in [-0.15, -0.1) is 0 Å². The molecule has 0 amide bonds. The summed E-state index contributed by atoms with van der Waals surface area (Å²) >= 11 is 0. The van der Waals surface area contributed by atoms with Crippen molar-refractivity contribution in [3.05, 3.63) is 54.1 Å². The first-order chi connectivity index (χ1) is 9.65. The van der Waals surface area contributed by atoms with E-state index in [2.05, 4.69) is 9.97 Å². The molecule has 0 bridgehead atoms. The van der Waals surface area contributed by atoms with Crippen LogP contribution >= 0.6 is 0 Å². The molecule has 2 aromatic rings. The Balaban J connectivity index is 2.10. The Bertz CT molecular complexity index is 612. The standard InChI is InChI=1S/C15H14N2O3/c1-11(15(18)19)20-14-4-2-3-12(9-14)5-6-13-7-8-16-10-17-13/h2-11H,1H3,(H,18,19)/b6-5+. The number of ether oxygens (including phenoxy) is 1. The maximum atomic E-state index is 10.7.